The summed E-state index contributed by atoms with van der Waals surface area (Å²) in [5, 5.41) is 0. The number of nitrogens with zero attached hydrogens (tertiary/aromatic N) is 1. The quantitative estimate of drug-likeness (QED) is 0.757. The molecule has 82 valence electrons. The Morgan fingerprint density at radius 2 is 1.93 bits per heavy atom. The molecular formula is C12H18N2O. The first kappa shape index (κ1) is 10.4. The lowest BCUT2D eigenvalue weighted by molar-refractivity contribution is 0.300. The summed E-state index contributed by atoms with van der Waals surface area (Å²) < 4.78 is 1.61. The zero-order valence-corrected chi connectivity index (χ0v) is 9.20. The predicted octanol–water partition coefficient (Wildman–Crippen LogP) is 1.50. The smallest absolute Gasteiger partial charge is 0.250 e. The van der Waals surface area contributed by atoms with E-state index in [4.69, 9.17) is 5.73 Å². The Kier molecular flexibility index (Phi) is 2.65. The molecule has 0 spiro atoms. The highest BCUT2D eigenvalue weighted by atomic mass is 16.1. The van der Waals surface area contributed by atoms with Crippen molar-refractivity contribution in [1.82, 2.24) is 4.57 Å². The van der Waals surface area contributed by atoms with Crippen LogP contribution in [0.5, 0.6) is 0 Å². The molecule has 15 heavy (non-hydrogen) atoms. The molecule has 0 aromatic carbocycles. The molecule has 1 heterocycles. The SMILES string of the molecule is Cn1cc(C2(N)CCCCC2)ccc1=O. The summed E-state index contributed by atoms with van der Waals surface area (Å²) in [5.74, 6) is 0. The van der Waals surface area contributed by atoms with Gasteiger partial charge in [0.25, 0.3) is 0 Å². The van der Waals surface area contributed by atoms with Crippen LogP contribution in [-0.4, -0.2) is 4.57 Å². The van der Waals surface area contributed by atoms with E-state index < -0.39 is 0 Å². The lowest BCUT2D eigenvalue weighted by Crippen LogP contribution is -2.39. The summed E-state index contributed by atoms with van der Waals surface area (Å²) in [5.41, 5.74) is 7.31. The highest BCUT2D eigenvalue weighted by Gasteiger charge is 2.29. The second-order valence-electron chi connectivity index (χ2n) is 4.58. The average molecular weight is 206 g/mol. The lowest BCUT2D eigenvalue weighted by atomic mass is 9.78. The fraction of sp³-hybridized carbons (Fsp3) is 0.583. The molecule has 1 aromatic rings. The van der Waals surface area contributed by atoms with Crippen molar-refractivity contribution < 1.29 is 0 Å². The van der Waals surface area contributed by atoms with Crippen molar-refractivity contribution in [2.24, 2.45) is 12.8 Å². The maximum Gasteiger partial charge on any atom is 0.250 e. The Labute approximate surface area is 89.9 Å². The first-order chi connectivity index (χ1) is 7.12. The molecule has 0 bridgehead atoms. The minimum atomic E-state index is -0.205. The van der Waals surface area contributed by atoms with Gasteiger partial charge in [0.15, 0.2) is 0 Å². The molecule has 0 amide bonds. The average Bonchev–Trinajstić information content (AvgIpc) is 2.23. The molecule has 0 atom stereocenters. The molecule has 3 heteroatoms. The molecule has 1 aromatic heterocycles. The van der Waals surface area contributed by atoms with Crippen LogP contribution in [0.2, 0.25) is 0 Å². The van der Waals surface area contributed by atoms with Gasteiger partial charge in [-0.3, -0.25) is 4.79 Å². The minimum Gasteiger partial charge on any atom is -0.321 e. The van der Waals surface area contributed by atoms with Crippen LogP contribution in [0.1, 0.15) is 37.7 Å². The standard InChI is InChI=1S/C12H18N2O/c1-14-9-10(5-6-11(14)15)12(13)7-3-2-4-8-12/h5-6,9H,2-4,7-8,13H2,1H3. The van der Waals surface area contributed by atoms with Crippen molar-refractivity contribution in [3.63, 3.8) is 0 Å². The van der Waals surface area contributed by atoms with E-state index in [2.05, 4.69) is 0 Å². The van der Waals surface area contributed by atoms with Gasteiger partial charge in [0.2, 0.25) is 5.56 Å². The van der Waals surface area contributed by atoms with Gasteiger partial charge in [-0.05, 0) is 18.4 Å². The van der Waals surface area contributed by atoms with Gasteiger partial charge >= 0.3 is 0 Å². The fourth-order valence-corrected chi connectivity index (χ4v) is 2.36. The highest BCUT2D eigenvalue weighted by molar-refractivity contribution is 5.21. The molecule has 2 N–H and O–H groups in total. The first-order valence-corrected chi connectivity index (χ1v) is 5.58. The van der Waals surface area contributed by atoms with Crippen LogP contribution in [0.3, 0.4) is 0 Å². The molecule has 0 radical (unpaired) electrons. The molecule has 0 unspecified atom stereocenters. The zero-order valence-electron chi connectivity index (χ0n) is 9.20. The van der Waals surface area contributed by atoms with Gasteiger partial charge in [-0.25, -0.2) is 0 Å². The van der Waals surface area contributed by atoms with Crippen LogP contribution in [-0.2, 0) is 12.6 Å². The van der Waals surface area contributed by atoms with Crippen molar-refractivity contribution >= 4 is 0 Å². The van der Waals surface area contributed by atoms with E-state index in [0.717, 1.165) is 18.4 Å². The van der Waals surface area contributed by atoms with Gasteiger partial charge in [-0.1, -0.05) is 25.3 Å². The van der Waals surface area contributed by atoms with E-state index >= 15 is 0 Å². The van der Waals surface area contributed by atoms with E-state index in [1.54, 1.807) is 17.7 Å². The maximum atomic E-state index is 11.3. The van der Waals surface area contributed by atoms with Crippen molar-refractivity contribution in [2.75, 3.05) is 0 Å². The molecule has 1 aliphatic rings. The number of aryl methyl sites for hydroxylation is 1. The summed E-state index contributed by atoms with van der Waals surface area (Å²) in [7, 11) is 1.78. The summed E-state index contributed by atoms with van der Waals surface area (Å²) in [4.78, 5) is 11.3. The minimum absolute atomic E-state index is 0.0261. The van der Waals surface area contributed by atoms with E-state index in [0.29, 0.717) is 0 Å². The van der Waals surface area contributed by atoms with E-state index in [1.165, 1.54) is 19.3 Å². The largest absolute Gasteiger partial charge is 0.321 e. The Hall–Kier alpha value is -1.09. The molecule has 1 fully saturated rings. The molecule has 1 saturated carbocycles. The van der Waals surface area contributed by atoms with Gasteiger partial charge in [0.05, 0.1) is 0 Å². The Morgan fingerprint density at radius 3 is 2.53 bits per heavy atom. The van der Waals surface area contributed by atoms with E-state index in [1.807, 2.05) is 12.3 Å². The van der Waals surface area contributed by atoms with Crippen LogP contribution < -0.4 is 11.3 Å². The fourth-order valence-electron chi connectivity index (χ4n) is 2.36. The zero-order chi connectivity index (χ0) is 10.9. The maximum absolute atomic E-state index is 11.3. The number of hydrogen-bond donors (Lipinski definition) is 1. The molecule has 0 saturated heterocycles. The van der Waals surface area contributed by atoms with Gasteiger partial charge < -0.3 is 10.3 Å². The summed E-state index contributed by atoms with van der Waals surface area (Å²) in [6.45, 7) is 0. The van der Waals surface area contributed by atoms with E-state index in [9.17, 15) is 4.79 Å². The topological polar surface area (TPSA) is 48.0 Å². The van der Waals surface area contributed by atoms with Crippen molar-refractivity contribution in [3.8, 4) is 0 Å². The predicted molar refractivity (Wildman–Crippen MR) is 60.6 cm³/mol. The second kappa shape index (κ2) is 3.81. The molecule has 3 nitrogen and oxygen atoms in total. The number of hydrogen-bond acceptors (Lipinski definition) is 2. The Morgan fingerprint density at radius 1 is 1.27 bits per heavy atom. The lowest BCUT2D eigenvalue weighted by Gasteiger charge is -2.33. The highest BCUT2D eigenvalue weighted by Crippen LogP contribution is 2.33. The van der Waals surface area contributed by atoms with Crippen molar-refractivity contribution in [1.29, 1.82) is 0 Å². The van der Waals surface area contributed by atoms with Gasteiger partial charge in [0, 0.05) is 24.8 Å². The molecule has 0 aliphatic heterocycles. The summed E-state index contributed by atoms with van der Waals surface area (Å²) >= 11 is 0. The monoisotopic (exact) mass is 206 g/mol. The van der Waals surface area contributed by atoms with Crippen LogP contribution in [0, 0.1) is 0 Å². The van der Waals surface area contributed by atoms with Crippen LogP contribution in [0.15, 0.2) is 23.1 Å². The third-order valence-corrected chi connectivity index (χ3v) is 3.41. The van der Waals surface area contributed by atoms with E-state index in [-0.39, 0.29) is 11.1 Å². The van der Waals surface area contributed by atoms with Crippen molar-refractivity contribution in [2.45, 2.75) is 37.6 Å². The third kappa shape index (κ3) is 1.97. The van der Waals surface area contributed by atoms with Gasteiger partial charge in [-0.2, -0.15) is 0 Å². The summed E-state index contributed by atoms with van der Waals surface area (Å²) in [6.07, 6.45) is 7.62. The second-order valence-corrected chi connectivity index (χ2v) is 4.58. The first-order valence-electron chi connectivity index (χ1n) is 5.58. The number of aromatic nitrogens is 1. The Balaban J connectivity index is 2.35. The normalized spacial score (nSPS) is 20.1. The van der Waals surface area contributed by atoms with Crippen LogP contribution in [0.4, 0.5) is 0 Å². The van der Waals surface area contributed by atoms with Crippen LogP contribution in [0.25, 0.3) is 0 Å². The van der Waals surface area contributed by atoms with Gasteiger partial charge in [-0.15, -0.1) is 0 Å². The molecular weight excluding hydrogens is 188 g/mol. The third-order valence-electron chi connectivity index (χ3n) is 3.41. The number of pyridine rings is 1. The number of rotatable bonds is 1. The van der Waals surface area contributed by atoms with Gasteiger partial charge in [0.1, 0.15) is 0 Å². The molecule has 2 rings (SSSR count). The summed E-state index contributed by atoms with van der Waals surface area (Å²) in [6, 6.07) is 3.49. The molecule has 1 aliphatic carbocycles. The van der Waals surface area contributed by atoms with Crippen molar-refractivity contribution in [3.05, 3.63) is 34.2 Å². The van der Waals surface area contributed by atoms with Crippen LogP contribution >= 0.6 is 0 Å². The Bertz CT molecular complexity index is 402. The number of nitrogens with two attached hydrogens (primary N) is 1.